The van der Waals surface area contributed by atoms with Crippen molar-refractivity contribution >= 4 is 5.91 Å². The van der Waals surface area contributed by atoms with Gasteiger partial charge in [-0.25, -0.2) is 4.39 Å². The van der Waals surface area contributed by atoms with Crippen molar-refractivity contribution in [3.05, 3.63) is 47.5 Å². The van der Waals surface area contributed by atoms with Crippen LogP contribution in [0, 0.1) is 5.82 Å². The minimum Gasteiger partial charge on any atom is -0.507 e. The molecule has 1 amide bonds. The van der Waals surface area contributed by atoms with Gasteiger partial charge in [-0.1, -0.05) is 6.07 Å². The van der Waals surface area contributed by atoms with Crippen LogP contribution in [0.4, 0.5) is 4.39 Å². The quantitative estimate of drug-likeness (QED) is 0.872. The van der Waals surface area contributed by atoms with Gasteiger partial charge in [0.05, 0.1) is 0 Å². The maximum atomic E-state index is 13.4. The number of nitrogens with zero attached hydrogens (tertiary/aromatic N) is 2. The number of carbonyl (C=O) groups excluding carboxylic acids is 1. The predicted octanol–water partition coefficient (Wildman–Crippen LogP) is 1.24. The maximum Gasteiger partial charge on any atom is 0.258 e. The molecule has 6 heteroatoms. The molecule has 0 radical (unpaired) electrons. The van der Waals surface area contributed by atoms with Crippen LogP contribution in [-0.4, -0.2) is 27.3 Å². The molecule has 5 nitrogen and oxygen atoms in total. The van der Waals surface area contributed by atoms with Gasteiger partial charge in [-0.3, -0.25) is 9.48 Å². The molecule has 19 heavy (non-hydrogen) atoms. The highest BCUT2D eigenvalue weighted by molar-refractivity contribution is 5.97. The Hall–Kier alpha value is -2.37. The Morgan fingerprint density at radius 1 is 1.47 bits per heavy atom. The Balaban J connectivity index is 1.97. The van der Waals surface area contributed by atoms with Crippen molar-refractivity contribution in [3.8, 4) is 5.75 Å². The highest BCUT2D eigenvalue weighted by Crippen LogP contribution is 2.19. The zero-order chi connectivity index (χ0) is 13.8. The summed E-state index contributed by atoms with van der Waals surface area (Å²) in [4.78, 5) is 11.8. The van der Waals surface area contributed by atoms with E-state index in [0.29, 0.717) is 13.0 Å². The molecule has 1 aromatic carbocycles. The fourth-order valence-corrected chi connectivity index (χ4v) is 1.78. The van der Waals surface area contributed by atoms with E-state index in [-0.39, 0.29) is 11.3 Å². The second-order valence-electron chi connectivity index (χ2n) is 4.09. The van der Waals surface area contributed by atoms with Gasteiger partial charge in [0.15, 0.2) is 0 Å². The van der Waals surface area contributed by atoms with E-state index in [4.69, 9.17) is 0 Å². The minimum atomic E-state index is -0.738. The lowest BCUT2D eigenvalue weighted by molar-refractivity contribution is 0.0947. The molecule has 2 aromatic rings. The fraction of sp³-hybridized carbons (Fsp3) is 0.231. The van der Waals surface area contributed by atoms with Crippen molar-refractivity contribution in [3.63, 3.8) is 0 Å². The number of rotatable bonds is 4. The SMILES string of the molecule is Cn1nccc1CCNC(=O)c1c(O)cccc1F. The summed E-state index contributed by atoms with van der Waals surface area (Å²) in [7, 11) is 1.81. The zero-order valence-electron chi connectivity index (χ0n) is 10.4. The van der Waals surface area contributed by atoms with Crippen molar-refractivity contribution in [2.75, 3.05) is 6.54 Å². The molecule has 2 rings (SSSR count). The third-order valence-electron chi connectivity index (χ3n) is 2.81. The third-order valence-corrected chi connectivity index (χ3v) is 2.81. The van der Waals surface area contributed by atoms with E-state index in [0.717, 1.165) is 11.8 Å². The molecule has 0 bridgehead atoms. The number of carbonyl (C=O) groups is 1. The van der Waals surface area contributed by atoms with Crippen LogP contribution in [0.2, 0.25) is 0 Å². The Morgan fingerprint density at radius 3 is 2.89 bits per heavy atom. The molecular formula is C13H14FN3O2. The molecule has 0 aliphatic carbocycles. The summed E-state index contributed by atoms with van der Waals surface area (Å²) in [5.41, 5.74) is 0.630. The number of phenols is 1. The Bertz CT molecular complexity index is 575. The first-order valence-electron chi connectivity index (χ1n) is 5.82. The minimum absolute atomic E-state index is 0.326. The number of aromatic hydroxyl groups is 1. The van der Waals surface area contributed by atoms with E-state index in [1.807, 2.05) is 6.07 Å². The van der Waals surface area contributed by atoms with Gasteiger partial charge in [0.1, 0.15) is 17.1 Å². The second-order valence-corrected chi connectivity index (χ2v) is 4.09. The lowest BCUT2D eigenvalue weighted by Crippen LogP contribution is -2.27. The van der Waals surface area contributed by atoms with Gasteiger partial charge < -0.3 is 10.4 Å². The first-order chi connectivity index (χ1) is 9.09. The molecule has 100 valence electrons. The van der Waals surface area contributed by atoms with E-state index in [1.54, 1.807) is 17.9 Å². The third kappa shape index (κ3) is 2.90. The standard InChI is InChI=1S/C13H14FN3O2/c1-17-9(6-8-16-17)5-7-15-13(19)12-10(14)3-2-4-11(12)18/h2-4,6,8,18H,5,7H2,1H3,(H,15,19). The van der Waals surface area contributed by atoms with E-state index >= 15 is 0 Å². The summed E-state index contributed by atoms with van der Waals surface area (Å²) in [5, 5.41) is 16.0. The van der Waals surface area contributed by atoms with Gasteiger partial charge in [-0.15, -0.1) is 0 Å². The van der Waals surface area contributed by atoms with Gasteiger partial charge >= 0.3 is 0 Å². The number of benzene rings is 1. The maximum absolute atomic E-state index is 13.4. The first kappa shape index (κ1) is 13.1. The fourth-order valence-electron chi connectivity index (χ4n) is 1.78. The zero-order valence-corrected chi connectivity index (χ0v) is 10.4. The number of aryl methyl sites for hydroxylation is 1. The molecule has 0 aliphatic heterocycles. The van der Waals surface area contributed by atoms with E-state index < -0.39 is 11.7 Å². The van der Waals surface area contributed by atoms with E-state index in [2.05, 4.69) is 10.4 Å². The van der Waals surface area contributed by atoms with Gasteiger partial charge in [-0.05, 0) is 18.2 Å². The molecule has 1 aromatic heterocycles. The van der Waals surface area contributed by atoms with Gasteiger partial charge in [0, 0.05) is 31.9 Å². The molecule has 1 heterocycles. The van der Waals surface area contributed by atoms with Crippen molar-refractivity contribution in [1.29, 1.82) is 0 Å². The molecule has 0 saturated heterocycles. The highest BCUT2D eigenvalue weighted by Gasteiger charge is 2.15. The summed E-state index contributed by atoms with van der Waals surface area (Å²) < 4.78 is 15.1. The van der Waals surface area contributed by atoms with Crippen LogP contribution in [0.25, 0.3) is 0 Å². The Kier molecular flexibility index (Phi) is 3.79. The van der Waals surface area contributed by atoms with Crippen molar-refractivity contribution in [1.82, 2.24) is 15.1 Å². The molecule has 0 atom stereocenters. The summed E-state index contributed by atoms with van der Waals surface area (Å²) in [5.74, 6) is -1.73. The number of phenolic OH excluding ortho intramolecular Hbond substituents is 1. The summed E-state index contributed by atoms with van der Waals surface area (Å²) >= 11 is 0. The molecule has 0 fully saturated rings. The van der Waals surface area contributed by atoms with Crippen molar-refractivity contribution in [2.24, 2.45) is 7.05 Å². The first-order valence-corrected chi connectivity index (χ1v) is 5.82. The van der Waals surface area contributed by atoms with Crippen LogP contribution >= 0.6 is 0 Å². The topological polar surface area (TPSA) is 67.2 Å². The van der Waals surface area contributed by atoms with Crippen LogP contribution in [0.3, 0.4) is 0 Å². The largest absolute Gasteiger partial charge is 0.507 e. The molecule has 0 saturated carbocycles. The van der Waals surface area contributed by atoms with E-state index in [1.165, 1.54) is 12.1 Å². The Morgan fingerprint density at radius 2 is 2.26 bits per heavy atom. The van der Waals surface area contributed by atoms with Crippen LogP contribution in [0.5, 0.6) is 5.75 Å². The summed E-state index contributed by atoms with van der Waals surface area (Å²) in [6.45, 7) is 0.339. The number of nitrogens with one attached hydrogen (secondary N) is 1. The molecule has 0 spiro atoms. The summed E-state index contributed by atoms with van der Waals surface area (Å²) in [6, 6.07) is 5.60. The lowest BCUT2D eigenvalue weighted by atomic mass is 10.1. The molecule has 0 aliphatic rings. The normalized spacial score (nSPS) is 10.4. The van der Waals surface area contributed by atoms with Crippen LogP contribution in [0.1, 0.15) is 16.1 Å². The van der Waals surface area contributed by atoms with Gasteiger partial charge in [-0.2, -0.15) is 5.10 Å². The van der Waals surface area contributed by atoms with Crippen molar-refractivity contribution < 1.29 is 14.3 Å². The van der Waals surface area contributed by atoms with Crippen LogP contribution in [-0.2, 0) is 13.5 Å². The molecule has 0 unspecified atom stereocenters. The van der Waals surface area contributed by atoms with Crippen LogP contribution in [0.15, 0.2) is 30.5 Å². The van der Waals surface area contributed by atoms with Gasteiger partial charge in [0.2, 0.25) is 0 Å². The highest BCUT2D eigenvalue weighted by atomic mass is 19.1. The lowest BCUT2D eigenvalue weighted by Gasteiger charge is -2.07. The Labute approximate surface area is 109 Å². The average molecular weight is 263 g/mol. The van der Waals surface area contributed by atoms with Crippen molar-refractivity contribution in [2.45, 2.75) is 6.42 Å². The molecule has 2 N–H and O–H groups in total. The average Bonchev–Trinajstić information content (AvgIpc) is 2.75. The second kappa shape index (κ2) is 5.51. The van der Waals surface area contributed by atoms with Crippen LogP contribution < -0.4 is 5.32 Å². The number of halogens is 1. The number of aromatic nitrogens is 2. The molecular weight excluding hydrogens is 249 g/mol. The number of hydrogen-bond donors (Lipinski definition) is 2. The van der Waals surface area contributed by atoms with E-state index in [9.17, 15) is 14.3 Å². The van der Waals surface area contributed by atoms with Gasteiger partial charge in [0.25, 0.3) is 5.91 Å². The number of amides is 1. The smallest absolute Gasteiger partial charge is 0.258 e. The number of hydrogen-bond acceptors (Lipinski definition) is 3. The summed E-state index contributed by atoms with van der Waals surface area (Å²) in [6.07, 6.45) is 2.25. The predicted molar refractivity (Wildman–Crippen MR) is 67.3 cm³/mol. The monoisotopic (exact) mass is 263 g/mol.